The van der Waals surface area contributed by atoms with Crippen molar-refractivity contribution in [3.05, 3.63) is 29.3 Å². The summed E-state index contributed by atoms with van der Waals surface area (Å²) < 4.78 is 5.82. The third-order valence-corrected chi connectivity index (χ3v) is 3.38. The first kappa shape index (κ1) is 17.0. The lowest BCUT2D eigenvalue weighted by atomic mass is 10.1. The molecule has 114 valence electrons. The minimum Gasteiger partial charge on any atom is -0.490 e. The van der Waals surface area contributed by atoms with Gasteiger partial charge in [-0.25, -0.2) is 0 Å². The highest BCUT2D eigenvalue weighted by molar-refractivity contribution is 5.36. The van der Waals surface area contributed by atoms with E-state index in [1.54, 1.807) is 6.92 Å². The molecule has 0 fully saturated rings. The lowest BCUT2D eigenvalue weighted by Crippen LogP contribution is -2.31. The molecule has 1 atom stereocenters. The van der Waals surface area contributed by atoms with Gasteiger partial charge in [-0.05, 0) is 38.8 Å². The van der Waals surface area contributed by atoms with Gasteiger partial charge in [-0.3, -0.25) is 0 Å². The van der Waals surface area contributed by atoms with Crippen LogP contribution in [0.25, 0.3) is 0 Å². The zero-order valence-corrected chi connectivity index (χ0v) is 13.5. The van der Waals surface area contributed by atoms with Gasteiger partial charge in [-0.15, -0.1) is 0 Å². The molecule has 0 amide bonds. The van der Waals surface area contributed by atoms with Crippen molar-refractivity contribution in [2.45, 2.75) is 53.2 Å². The Morgan fingerprint density at radius 1 is 1.35 bits per heavy atom. The van der Waals surface area contributed by atoms with Crippen LogP contribution in [-0.4, -0.2) is 23.9 Å². The van der Waals surface area contributed by atoms with Gasteiger partial charge in [0, 0.05) is 12.1 Å². The SMILES string of the molecule is CCC(C)(O)COc1ccc(C)cc1CNCC(C)C. The van der Waals surface area contributed by atoms with Gasteiger partial charge >= 0.3 is 0 Å². The minimum absolute atomic E-state index is 0.323. The molecule has 1 rings (SSSR count). The smallest absolute Gasteiger partial charge is 0.123 e. The summed E-state index contributed by atoms with van der Waals surface area (Å²) in [5, 5.41) is 13.5. The number of benzene rings is 1. The van der Waals surface area contributed by atoms with Crippen molar-refractivity contribution in [2.24, 2.45) is 5.92 Å². The average Bonchev–Trinajstić information content (AvgIpc) is 2.37. The Morgan fingerprint density at radius 2 is 2.05 bits per heavy atom. The van der Waals surface area contributed by atoms with Crippen LogP contribution in [0.15, 0.2) is 18.2 Å². The van der Waals surface area contributed by atoms with Gasteiger partial charge in [0.2, 0.25) is 0 Å². The zero-order valence-electron chi connectivity index (χ0n) is 13.5. The molecule has 0 bridgehead atoms. The number of ether oxygens (including phenoxy) is 1. The molecule has 0 aromatic heterocycles. The summed E-state index contributed by atoms with van der Waals surface area (Å²) in [6.45, 7) is 12.3. The highest BCUT2D eigenvalue weighted by Gasteiger charge is 2.19. The molecule has 0 saturated heterocycles. The molecule has 0 aliphatic heterocycles. The van der Waals surface area contributed by atoms with Gasteiger partial charge in [-0.1, -0.05) is 38.5 Å². The molecule has 0 radical (unpaired) electrons. The van der Waals surface area contributed by atoms with Gasteiger partial charge in [0.05, 0.1) is 5.60 Å². The van der Waals surface area contributed by atoms with E-state index in [-0.39, 0.29) is 0 Å². The second-order valence-corrected chi connectivity index (χ2v) is 6.28. The Morgan fingerprint density at radius 3 is 2.65 bits per heavy atom. The quantitative estimate of drug-likeness (QED) is 0.767. The lowest BCUT2D eigenvalue weighted by Gasteiger charge is -2.23. The summed E-state index contributed by atoms with van der Waals surface area (Å²) in [4.78, 5) is 0. The van der Waals surface area contributed by atoms with Crippen molar-refractivity contribution in [1.29, 1.82) is 0 Å². The largest absolute Gasteiger partial charge is 0.490 e. The van der Waals surface area contributed by atoms with Crippen LogP contribution in [0.4, 0.5) is 0 Å². The van der Waals surface area contributed by atoms with E-state index in [2.05, 4.69) is 32.2 Å². The number of rotatable bonds is 8. The first-order valence-corrected chi connectivity index (χ1v) is 7.49. The van der Waals surface area contributed by atoms with E-state index in [1.807, 2.05) is 19.1 Å². The van der Waals surface area contributed by atoms with Crippen molar-refractivity contribution in [2.75, 3.05) is 13.2 Å². The van der Waals surface area contributed by atoms with Gasteiger partial charge in [0.1, 0.15) is 12.4 Å². The molecule has 0 aliphatic rings. The Hall–Kier alpha value is -1.06. The topological polar surface area (TPSA) is 41.5 Å². The zero-order chi connectivity index (χ0) is 15.2. The molecule has 0 heterocycles. The summed E-state index contributed by atoms with van der Waals surface area (Å²) in [7, 11) is 0. The third-order valence-electron chi connectivity index (χ3n) is 3.38. The van der Waals surface area contributed by atoms with Crippen molar-refractivity contribution in [3.8, 4) is 5.75 Å². The number of aryl methyl sites for hydroxylation is 1. The van der Waals surface area contributed by atoms with Crippen LogP contribution in [0.1, 0.15) is 45.2 Å². The molecule has 20 heavy (non-hydrogen) atoms. The maximum atomic E-state index is 10.0. The van der Waals surface area contributed by atoms with Gasteiger partial charge in [0.25, 0.3) is 0 Å². The van der Waals surface area contributed by atoms with Crippen LogP contribution in [0, 0.1) is 12.8 Å². The average molecular weight is 279 g/mol. The summed E-state index contributed by atoms with van der Waals surface area (Å²) in [6.07, 6.45) is 0.680. The summed E-state index contributed by atoms with van der Waals surface area (Å²) in [5.41, 5.74) is 1.60. The van der Waals surface area contributed by atoms with E-state index in [1.165, 1.54) is 5.56 Å². The molecule has 3 heteroatoms. The van der Waals surface area contributed by atoms with Crippen molar-refractivity contribution < 1.29 is 9.84 Å². The third kappa shape index (κ3) is 5.93. The summed E-state index contributed by atoms with van der Waals surface area (Å²) in [5.74, 6) is 1.49. The van der Waals surface area contributed by atoms with E-state index in [0.717, 1.165) is 24.4 Å². The molecule has 0 spiro atoms. The first-order valence-electron chi connectivity index (χ1n) is 7.49. The second kappa shape index (κ2) is 7.65. The Balaban J connectivity index is 2.69. The molecule has 1 aromatic carbocycles. The van der Waals surface area contributed by atoms with Crippen molar-refractivity contribution in [1.82, 2.24) is 5.32 Å². The van der Waals surface area contributed by atoms with Gasteiger partial charge in [0.15, 0.2) is 0 Å². The number of aliphatic hydroxyl groups is 1. The predicted molar refractivity (Wildman–Crippen MR) is 84.1 cm³/mol. The van der Waals surface area contributed by atoms with Crippen molar-refractivity contribution >= 4 is 0 Å². The van der Waals surface area contributed by atoms with E-state index in [9.17, 15) is 5.11 Å². The highest BCUT2D eigenvalue weighted by atomic mass is 16.5. The summed E-state index contributed by atoms with van der Waals surface area (Å²) in [6, 6.07) is 6.18. The van der Waals surface area contributed by atoms with Gasteiger partial charge in [-0.2, -0.15) is 0 Å². The minimum atomic E-state index is -0.770. The number of nitrogens with one attached hydrogen (secondary N) is 1. The number of hydrogen-bond acceptors (Lipinski definition) is 3. The molecule has 0 aliphatic carbocycles. The van der Waals surface area contributed by atoms with E-state index >= 15 is 0 Å². The maximum absolute atomic E-state index is 10.0. The van der Waals surface area contributed by atoms with Gasteiger partial charge < -0.3 is 15.2 Å². The Labute approximate surface area is 123 Å². The molecule has 2 N–H and O–H groups in total. The van der Waals surface area contributed by atoms with E-state index in [4.69, 9.17) is 4.74 Å². The molecule has 3 nitrogen and oxygen atoms in total. The maximum Gasteiger partial charge on any atom is 0.123 e. The van der Waals surface area contributed by atoms with E-state index < -0.39 is 5.60 Å². The molecular formula is C17H29NO2. The Kier molecular flexibility index (Phi) is 6.50. The highest BCUT2D eigenvalue weighted by Crippen LogP contribution is 2.22. The van der Waals surface area contributed by atoms with Crippen LogP contribution in [0.2, 0.25) is 0 Å². The molecule has 1 unspecified atom stereocenters. The fourth-order valence-electron chi connectivity index (χ4n) is 1.82. The van der Waals surface area contributed by atoms with Crippen molar-refractivity contribution in [3.63, 3.8) is 0 Å². The fraction of sp³-hybridized carbons (Fsp3) is 0.647. The fourth-order valence-corrected chi connectivity index (χ4v) is 1.82. The first-order chi connectivity index (χ1) is 9.34. The van der Waals surface area contributed by atoms with Crippen LogP contribution in [-0.2, 0) is 6.54 Å². The molecule has 1 aromatic rings. The molecule has 0 saturated carbocycles. The van der Waals surface area contributed by atoms with Crippen LogP contribution in [0.5, 0.6) is 5.75 Å². The normalized spacial score (nSPS) is 14.3. The van der Waals surface area contributed by atoms with E-state index in [0.29, 0.717) is 18.9 Å². The number of hydrogen-bond donors (Lipinski definition) is 2. The van der Waals surface area contributed by atoms with Crippen LogP contribution in [0.3, 0.4) is 0 Å². The monoisotopic (exact) mass is 279 g/mol. The van der Waals surface area contributed by atoms with Crippen LogP contribution < -0.4 is 10.1 Å². The second-order valence-electron chi connectivity index (χ2n) is 6.28. The Bertz CT molecular complexity index is 413. The summed E-state index contributed by atoms with van der Waals surface area (Å²) >= 11 is 0. The van der Waals surface area contributed by atoms with Crippen LogP contribution >= 0.6 is 0 Å². The standard InChI is InChI=1S/C17H29NO2/c1-6-17(5,19)12-20-16-8-7-14(4)9-15(16)11-18-10-13(2)3/h7-9,13,18-19H,6,10-12H2,1-5H3. The molecular weight excluding hydrogens is 250 g/mol. The lowest BCUT2D eigenvalue weighted by molar-refractivity contribution is 0.00815. The predicted octanol–water partition coefficient (Wildman–Crippen LogP) is 3.28.